The molecule has 0 N–H and O–H groups in total. The van der Waals surface area contributed by atoms with Crippen LogP contribution in [0, 0.1) is 42.4 Å². The molecule has 4 nitrogen and oxygen atoms in total. The van der Waals surface area contributed by atoms with Crippen LogP contribution in [0.3, 0.4) is 0 Å². The van der Waals surface area contributed by atoms with Crippen LogP contribution >= 0.6 is 0 Å². The molecule has 0 bridgehead atoms. The van der Waals surface area contributed by atoms with Crippen LogP contribution in [0.5, 0.6) is 11.5 Å². The van der Waals surface area contributed by atoms with Crippen LogP contribution in [0.4, 0.5) is 0 Å². The lowest BCUT2D eigenvalue weighted by Gasteiger charge is -2.21. The van der Waals surface area contributed by atoms with Crippen molar-refractivity contribution in [1.29, 1.82) is 0 Å². The molecule has 2 aromatic carbocycles. The standard InChI is InChI=1S/C31H35O4/c1-8-26(21-11-9-10-12-21)27(22-13-17-24(18-14-22)34-28(32)30(2,3)4)23-15-19-25(20-16-23)35-29(33)31(5,6)7/h9-20H,8H2,1-7H3. The summed E-state index contributed by atoms with van der Waals surface area (Å²) < 4.78 is 11.1. The quantitative estimate of drug-likeness (QED) is 0.330. The van der Waals surface area contributed by atoms with Crippen LogP contribution in [-0.4, -0.2) is 11.9 Å². The lowest BCUT2D eigenvalue weighted by atomic mass is 9.84. The highest BCUT2D eigenvalue weighted by Crippen LogP contribution is 2.40. The number of allylic oxidation sites excluding steroid dienone is 1. The van der Waals surface area contributed by atoms with Gasteiger partial charge >= 0.3 is 11.9 Å². The first-order valence-electron chi connectivity index (χ1n) is 12.0. The van der Waals surface area contributed by atoms with Gasteiger partial charge in [-0.25, -0.2) is 0 Å². The Morgan fingerprint density at radius 3 is 1.34 bits per heavy atom. The van der Waals surface area contributed by atoms with E-state index in [2.05, 4.69) is 19.8 Å². The minimum Gasteiger partial charge on any atom is -0.426 e. The summed E-state index contributed by atoms with van der Waals surface area (Å²) in [6.45, 7) is 13.1. The highest BCUT2D eigenvalue weighted by atomic mass is 16.5. The van der Waals surface area contributed by atoms with Crippen LogP contribution in [0.25, 0.3) is 5.57 Å². The summed E-state index contributed by atoms with van der Waals surface area (Å²) in [5, 5.41) is 0. The highest BCUT2D eigenvalue weighted by Gasteiger charge is 2.26. The van der Waals surface area contributed by atoms with Crippen molar-refractivity contribution in [3.63, 3.8) is 0 Å². The van der Waals surface area contributed by atoms with E-state index >= 15 is 0 Å². The average Bonchev–Trinajstić information content (AvgIpc) is 3.32. The summed E-state index contributed by atoms with van der Waals surface area (Å²) >= 11 is 0. The smallest absolute Gasteiger partial charge is 0.316 e. The molecular weight excluding hydrogens is 436 g/mol. The average molecular weight is 472 g/mol. The third kappa shape index (κ3) is 6.84. The molecule has 5 radical (unpaired) electrons. The predicted molar refractivity (Wildman–Crippen MR) is 140 cm³/mol. The van der Waals surface area contributed by atoms with Gasteiger partial charge in [0.1, 0.15) is 11.5 Å². The Balaban J connectivity index is 1.97. The molecule has 1 aliphatic rings. The van der Waals surface area contributed by atoms with E-state index in [0.717, 1.165) is 29.0 Å². The van der Waals surface area contributed by atoms with Crippen LogP contribution in [0.15, 0.2) is 54.1 Å². The summed E-state index contributed by atoms with van der Waals surface area (Å²) in [4.78, 5) is 24.6. The molecule has 0 heterocycles. The molecule has 0 saturated heterocycles. The molecule has 0 aliphatic heterocycles. The Morgan fingerprint density at radius 1 is 0.657 bits per heavy atom. The summed E-state index contributed by atoms with van der Waals surface area (Å²) in [6.07, 6.45) is 9.12. The number of rotatable bonds is 6. The summed E-state index contributed by atoms with van der Waals surface area (Å²) in [5.41, 5.74) is 3.16. The highest BCUT2D eigenvalue weighted by molar-refractivity contribution is 5.86. The van der Waals surface area contributed by atoms with Crippen molar-refractivity contribution in [1.82, 2.24) is 0 Å². The number of carbonyl (C=O) groups is 2. The second kappa shape index (κ2) is 10.8. The van der Waals surface area contributed by atoms with E-state index in [4.69, 9.17) is 9.47 Å². The first-order valence-corrected chi connectivity index (χ1v) is 12.0. The molecule has 0 aromatic heterocycles. The fourth-order valence-electron chi connectivity index (χ4n) is 3.52. The van der Waals surface area contributed by atoms with Crippen LogP contribution in [0.2, 0.25) is 0 Å². The predicted octanol–water partition coefficient (Wildman–Crippen LogP) is 7.21. The number of esters is 2. The second-order valence-electron chi connectivity index (χ2n) is 10.7. The molecule has 35 heavy (non-hydrogen) atoms. The van der Waals surface area contributed by atoms with Crippen molar-refractivity contribution in [2.45, 2.75) is 54.9 Å². The largest absolute Gasteiger partial charge is 0.426 e. The molecule has 0 amide bonds. The Hall–Kier alpha value is -2.88. The number of carbonyl (C=O) groups excluding carboxylic acids is 2. The third-order valence-corrected chi connectivity index (χ3v) is 5.60. The topological polar surface area (TPSA) is 52.6 Å². The van der Waals surface area contributed by atoms with E-state index in [1.54, 1.807) is 0 Å². The molecule has 3 rings (SSSR count). The fraction of sp³-hybridized carbons (Fsp3) is 0.323. The van der Waals surface area contributed by atoms with Gasteiger partial charge in [-0.3, -0.25) is 9.59 Å². The van der Waals surface area contributed by atoms with Gasteiger partial charge in [-0.2, -0.15) is 0 Å². The van der Waals surface area contributed by atoms with Gasteiger partial charge in [-0.15, -0.1) is 0 Å². The second-order valence-corrected chi connectivity index (χ2v) is 10.7. The number of hydrogen-bond donors (Lipinski definition) is 0. The number of benzene rings is 2. The van der Waals surface area contributed by atoms with E-state index in [1.165, 1.54) is 5.57 Å². The van der Waals surface area contributed by atoms with Crippen molar-refractivity contribution in [2.75, 3.05) is 0 Å². The lowest BCUT2D eigenvalue weighted by Crippen LogP contribution is -2.25. The van der Waals surface area contributed by atoms with Gasteiger partial charge in [0.15, 0.2) is 0 Å². The summed E-state index contributed by atoms with van der Waals surface area (Å²) in [6, 6.07) is 15.2. The molecule has 1 saturated carbocycles. The first-order chi connectivity index (χ1) is 16.4. The molecule has 1 fully saturated rings. The molecule has 4 heteroatoms. The van der Waals surface area contributed by atoms with E-state index in [0.29, 0.717) is 11.5 Å². The van der Waals surface area contributed by atoms with Gasteiger partial charge in [0.05, 0.1) is 10.8 Å². The van der Waals surface area contributed by atoms with Crippen molar-refractivity contribution >= 4 is 17.5 Å². The summed E-state index contributed by atoms with van der Waals surface area (Å²) in [7, 11) is 0. The molecule has 2 aromatic rings. The van der Waals surface area contributed by atoms with Crippen molar-refractivity contribution in [3.8, 4) is 11.5 Å². The van der Waals surface area contributed by atoms with Crippen LogP contribution in [0.1, 0.15) is 66.0 Å². The van der Waals surface area contributed by atoms with Gasteiger partial charge in [0.25, 0.3) is 0 Å². The van der Waals surface area contributed by atoms with E-state index in [9.17, 15) is 9.59 Å². The molecule has 1 aliphatic carbocycles. The molecule has 0 atom stereocenters. The minimum absolute atomic E-state index is 0.271. The van der Waals surface area contributed by atoms with E-state index in [-0.39, 0.29) is 11.9 Å². The molecule has 0 spiro atoms. The zero-order valence-electron chi connectivity index (χ0n) is 21.8. The zero-order chi connectivity index (χ0) is 25.8. The van der Waals surface area contributed by atoms with Gasteiger partial charge in [-0.05, 0) is 115 Å². The Bertz CT molecular complexity index is 981. The van der Waals surface area contributed by atoms with Crippen molar-refractivity contribution in [3.05, 3.63) is 96.8 Å². The maximum absolute atomic E-state index is 12.3. The van der Waals surface area contributed by atoms with E-state index < -0.39 is 10.8 Å². The Morgan fingerprint density at radius 2 is 1.03 bits per heavy atom. The minimum atomic E-state index is -0.574. The van der Waals surface area contributed by atoms with E-state index in [1.807, 2.05) is 103 Å². The number of hydrogen-bond acceptors (Lipinski definition) is 4. The van der Waals surface area contributed by atoms with Crippen LogP contribution in [-0.2, 0) is 9.59 Å². The molecular formula is C31H35O4. The van der Waals surface area contributed by atoms with Crippen molar-refractivity contribution < 1.29 is 19.1 Å². The van der Waals surface area contributed by atoms with Gasteiger partial charge < -0.3 is 9.47 Å². The maximum Gasteiger partial charge on any atom is 0.316 e. The van der Waals surface area contributed by atoms with Gasteiger partial charge in [0, 0.05) is 5.92 Å². The molecule has 0 unspecified atom stereocenters. The fourth-order valence-corrected chi connectivity index (χ4v) is 3.52. The van der Waals surface area contributed by atoms with Gasteiger partial charge in [0.2, 0.25) is 0 Å². The monoisotopic (exact) mass is 471 g/mol. The van der Waals surface area contributed by atoms with Crippen LogP contribution < -0.4 is 9.47 Å². The Labute approximate surface area is 210 Å². The third-order valence-electron chi connectivity index (χ3n) is 5.60. The normalized spacial score (nSPS) is 14.5. The van der Waals surface area contributed by atoms with Gasteiger partial charge in [-0.1, -0.05) is 36.8 Å². The summed E-state index contributed by atoms with van der Waals surface area (Å²) in [5.74, 6) is 1.65. The first kappa shape index (κ1) is 26.7. The Kier molecular flexibility index (Phi) is 8.25. The zero-order valence-corrected chi connectivity index (χ0v) is 21.8. The lowest BCUT2D eigenvalue weighted by molar-refractivity contribution is -0.143. The van der Waals surface area contributed by atoms with Crippen molar-refractivity contribution in [2.24, 2.45) is 10.8 Å². The maximum atomic E-state index is 12.3. The number of ether oxygens (including phenoxy) is 2. The molecule has 183 valence electrons. The SMILES string of the molecule is CCC([C]1[CH][CH][CH][CH]1)=C(c1ccc(OC(=O)C(C)(C)C)cc1)c1ccc(OC(=O)C(C)(C)C)cc1.